The van der Waals surface area contributed by atoms with E-state index < -0.39 is 5.82 Å². The van der Waals surface area contributed by atoms with Crippen molar-refractivity contribution in [1.29, 1.82) is 0 Å². The van der Waals surface area contributed by atoms with Gasteiger partial charge in [0.15, 0.2) is 24.0 Å². The van der Waals surface area contributed by atoms with Crippen molar-refractivity contribution in [2.45, 2.75) is 0 Å². The van der Waals surface area contributed by atoms with Crippen molar-refractivity contribution in [3.05, 3.63) is 72.0 Å². The largest absolute Gasteiger partial charge is 0.494 e. The lowest BCUT2D eigenvalue weighted by Gasteiger charge is -2.09. The molecule has 0 atom stereocenters. The summed E-state index contributed by atoms with van der Waals surface area (Å²) in [6, 6.07) is 17.5. The summed E-state index contributed by atoms with van der Waals surface area (Å²) in [5.41, 5.74) is 0.253. The molecule has 3 nitrogen and oxygen atoms in total. The number of halogens is 1. The van der Waals surface area contributed by atoms with Crippen LogP contribution < -0.4 is 9.47 Å². The van der Waals surface area contributed by atoms with E-state index in [1.807, 2.05) is 42.5 Å². The minimum absolute atomic E-state index is 0.108. The lowest BCUT2D eigenvalue weighted by Crippen LogP contribution is -2.12. The van der Waals surface area contributed by atoms with Crippen molar-refractivity contribution in [2.75, 3.05) is 13.7 Å². The van der Waals surface area contributed by atoms with Gasteiger partial charge in [-0.25, -0.2) is 4.39 Å². The third kappa shape index (κ3) is 3.16. The van der Waals surface area contributed by atoms with Crippen LogP contribution in [0.2, 0.25) is 0 Å². The zero-order valence-electron chi connectivity index (χ0n) is 12.6. The number of Topliss-reactive ketones (excluding diaryl/α,β-unsaturated/α-hetero) is 1. The molecule has 0 aliphatic rings. The molecule has 0 heterocycles. The molecular formula is C19H15FO3. The number of hydrogen-bond acceptors (Lipinski definition) is 3. The topological polar surface area (TPSA) is 35.5 Å². The molecule has 3 rings (SSSR count). The molecule has 0 aliphatic carbocycles. The number of rotatable bonds is 5. The summed E-state index contributed by atoms with van der Waals surface area (Å²) >= 11 is 0. The normalized spacial score (nSPS) is 10.5. The van der Waals surface area contributed by atoms with E-state index in [2.05, 4.69) is 0 Å². The average molecular weight is 310 g/mol. The molecule has 3 aromatic rings. The maximum absolute atomic E-state index is 13.7. The lowest BCUT2D eigenvalue weighted by molar-refractivity contribution is 0.0922. The lowest BCUT2D eigenvalue weighted by atomic mass is 10.1. The van der Waals surface area contributed by atoms with Crippen LogP contribution in [0.25, 0.3) is 10.8 Å². The first-order chi connectivity index (χ1) is 11.2. The summed E-state index contributed by atoms with van der Waals surface area (Å²) in [6.45, 7) is -0.153. The first-order valence-electron chi connectivity index (χ1n) is 7.16. The van der Waals surface area contributed by atoms with Crippen LogP contribution in [-0.4, -0.2) is 19.5 Å². The smallest absolute Gasteiger partial charge is 0.200 e. The number of fused-ring (bicyclic) bond motifs is 1. The molecule has 0 unspecified atom stereocenters. The van der Waals surface area contributed by atoms with E-state index in [0.29, 0.717) is 5.75 Å². The first-order valence-corrected chi connectivity index (χ1v) is 7.16. The number of carbonyl (C=O) groups is 1. The van der Waals surface area contributed by atoms with Crippen LogP contribution in [-0.2, 0) is 0 Å². The number of ketones is 1. The van der Waals surface area contributed by atoms with Gasteiger partial charge in [0.2, 0.25) is 0 Å². The SMILES string of the molecule is COc1ccc(C(=O)COc2cccc3ccccc23)cc1F. The van der Waals surface area contributed by atoms with E-state index in [9.17, 15) is 9.18 Å². The van der Waals surface area contributed by atoms with Crippen molar-refractivity contribution in [2.24, 2.45) is 0 Å². The van der Waals surface area contributed by atoms with E-state index in [1.165, 1.54) is 19.2 Å². The number of benzene rings is 3. The second kappa shape index (κ2) is 6.48. The molecule has 0 aromatic heterocycles. The molecule has 0 bridgehead atoms. The van der Waals surface area contributed by atoms with Gasteiger partial charge in [-0.05, 0) is 29.7 Å². The Balaban J connectivity index is 1.77. The Morgan fingerprint density at radius 3 is 2.57 bits per heavy atom. The average Bonchev–Trinajstić information content (AvgIpc) is 2.59. The standard InChI is InChI=1S/C19H15FO3/c1-22-19-10-9-14(11-16(19)20)17(21)12-23-18-8-4-6-13-5-2-3-7-15(13)18/h2-11H,12H2,1H3. The second-order valence-electron chi connectivity index (χ2n) is 5.04. The fourth-order valence-corrected chi connectivity index (χ4v) is 2.39. The number of ether oxygens (including phenoxy) is 2. The molecule has 0 aliphatic heterocycles. The Morgan fingerprint density at radius 2 is 1.78 bits per heavy atom. The van der Waals surface area contributed by atoms with Gasteiger partial charge >= 0.3 is 0 Å². The fraction of sp³-hybridized carbons (Fsp3) is 0.105. The summed E-state index contributed by atoms with van der Waals surface area (Å²) in [5.74, 6) is -0.120. The predicted molar refractivity (Wildman–Crippen MR) is 86.7 cm³/mol. The van der Waals surface area contributed by atoms with Crippen molar-refractivity contribution in [1.82, 2.24) is 0 Å². The first kappa shape index (κ1) is 15.0. The third-order valence-electron chi connectivity index (χ3n) is 3.58. The molecule has 0 amide bonds. The highest BCUT2D eigenvalue weighted by Gasteiger charge is 2.11. The summed E-state index contributed by atoms with van der Waals surface area (Å²) in [6.07, 6.45) is 0. The highest BCUT2D eigenvalue weighted by atomic mass is 19.1. The van der Waals surface area contributed by atoms with Crippen molar-refractivity contribution >= 4 is 16.6 Å². The fourth-order valence-electron chi connectivity index (χ4n) is 2.39. The van der Waals surface area contributed by atoms with Crippen LogP contribution in [0.4, 0.5) is 4.39 Å². The minimum Gasteiger partial charge on any atom is -0.494 e. The van der Waals surface area contributed by atoms with E-state index in [-0.39, 0.29) is 23.7 Å². The molecule has 0 radical (unpaired) electrons. The molecular weight excluding hydrogens is 295 g/mol. The molecule has 23 heavy (non-hydrogen) atoms. The molecule has 0 fully saturated rings. The Kier molecular flexibility index (Phi) is 4.24. The summed E-state index contributed by atoms with van der Waals surface area (Å²) in [7, 11) is 1.38. The van der Waals surface area contributed by atoms with E-state index in [0.717, 1.165) is 16.8 Å². The quantitative estimate of drug-likeness (QED) is 0.661. The Morgan fingerprint density at radius 1 is 1.00 bits per heavy atom. The maximum Gasteiger partial charge on any atom is 0.200 e. The summed E-state index contributed by atoms with van der Waals surface area (Å²) < 4.78 is 24.1. The van der Waals surface area contributed by atoms with Gasteiger partial charge in [-0.2, -0.15) is 0 Å². The maximum atomic E-state index is 13.7. The van der Waals surface area contributed by atoms with E-state index in [4.69, 9.17) is 9.47 Å². The Labute approximate surface area is 133 Å². The Hall–Kier alpha value is -2.88. The zero-order chi connectivity index (χ0) is 16.2. The van der Waals surface area contributed by atoms with Gasteiger partial charge in [0, 0.05) is 10.9 Å². The molecule has 116 valence electrons. The molecule has 3 aromatic carbocycles. The van der Waals surface area contributed by atoms with Gasteiger partial charge in [0.1, 0.15) is 5.75 Å². The van der Waals surface area contributed by atoms with Crippen LogP contribution in [0.15, 0.2) is 60.7 Å². The van der Waals surface area contributed by atoms with Crippen LogP contribution in [0.5, 0.6) is 11.5 Å². The molecule has 0 N–H and O–H groups in total. The van der Waals surface area contributed by atoms with Gasteiger partial charge in [0.25, 0.3) is 0 Å². The highest BCUT2D eigenvalue weighted by Crippen LogP contribution is 2.25. The van der Waals surface area contributed by atoms with Crippen LogP contribution in [0, 0.1) is 5.82 Å². The van der Waals surface area contributed by atoms with Crippen LogP contribution in [0.3, 0.4) is 0 Å². The summed E-state index contributed by atoms with van der Waals surface area (Å²) in [4.78, 5) is 12.2. The monoisotopic (exact) mass is 310 g/mol. The third-order valence-corrected chi connectivity index (χ3v) is 3.58. The summed E-state index contributed by atoms with van der Waals surface area (Å²) in [5, 5.41) is 1.97. The van der Waals surface area contributed by atoms with Crippen LogP contribution in [0.1, 0.15) is 10.4 Å². The Bertz CT molecular complexity index is 853. The van der Waals surface area contributed by atoms with Crippen molar-refractivity contribution in [3.63, 3.8) is 0 Å². The molecule has 0 saturated heterocycles. The van der Waals surface area contributed by atoms with Gasteiger partial charge in [0.05, 0.1) is 7.11 Å². The van der Waals surface area contributed by atoms with E-state index in [1.54, 1.807) is 0 Å². The highest BCUT2D eigenvalue weighted by molar-refractivity contribution is 5.97. The van der Waals surface area contributed by atoms with Crippen LogP contribution >= 0.6 is 0 Å². The van der Waals surface area contributed by atoms with Gasteiger partial charge < -0.3 is 9.47 Å². The molecule has 4 heteroatoms. The van der Waals surface area contributed by atoms with E-state index >= 15 is 0 Å². The number of carbonyl (C=O) groups excluding carboxylic acids is 1. The number of hydrogen-bond donors (Lipinski definition) is 0. The number of methoxy groups -OCH3 is 1. The van der Waals surface area contributed by atoms with Gasteiger partial charge in [-0.1, -0.05) is 36.4 Å². The van der Waals surface area contributed by atoms with Gasteiger partial charge in [-0.3, -0.25) is 4.79 Å². The second-order valence-corrected chi connectivity index (χ2v) is 5.04. The minimum atomic E-state index is -0.566. The zero-order valence-corrected chi connectivity index (χ0v) is 12.6. The molecule has 0 spiro atoms. The molecule has 0 saturated carbocycles. The van der Waals surface area contributed by atoms with Crippen molar-refractivity contribution in [3.8, 4) is 11.5 Å². The van der Waals surface area contributed by atoms with Crippen molar-refractivity contribution < 1.29 is 18.7 Å². The predicted octanol–water partition coefficient (Wildman–Crippen LogP) is 4.25. The van der Waals surface area contributed by atoms with Gasteiger partial charge in [-0.15, -0.1) is 0 Å².